The average Bonchev–Trinajstić information content (AvgIpc) is 2.78. The Morgan fingerprint density at radius 1 is 1.28 bits per heavy atom. The van der Waals surface area contributed by atoms with Crippen LogP contribution in [0.1, 0.15) is 48.3 Å². The minimum absolute atomic E-state index is 0.171. The van der Waals surface area contributed by atoms with Gasteiger partial charge in [-0.2, -0.15) is 0 Å². The first-order chi connectivity index (χ1) is 15.5. The number of amides is 1. The Morgan fingerprint density at radius 2 is 2.09 bits per heavy atom. The summed E-state index contributed by atoms with van der Waals surface area (Å²) >= 11 is -0.636. The summed E-state index contributed by atoms with van der Waals surface area (Å²) in [7, 11) is 3.16. The summed E-state index contributed by atoms with van der Waals surface area (Å²) in [5.74, 6) is 0.591. The number of benzene rings is 1. The monoisotopic (exact) mass is 504 g/mol. The number of aryl methyl sites for hydroxylation is 1. The van der Waals surface area contributed by atoms with E-state index in [4.69, 9.17) is 15.3 Å². The Labute approximate surface area is 195 Å². The van der Waals surface area contributed by atoms with E-state index in [2.05, 4.69) is 31.8 Å². The normalized spacial score (nSPS) is 19.4. The molecule has 174 valence electrons. The predicted molar refractivity (Wildman–Crippen MR) is 129 cm³/mol. The number of nitrogens with one attached hydrogen (secondary N) is 2. The first kappa shape index (κ1) is 24.3. The number of amidine groups is 1. The number of fused-ring (bicyclic) bond motifs is 1. The summed E-state index contributed by atoms with van der Waals surface area (Å²) in [6, 6.07) is 6.23. The second kappa shape index (κ2) is 12.0. The quantitative estimate of drug-likeness (QED) is 0.149. The van der Waals surface area contributed by atoms with E-state index in [1.165, 1.54) is 13.5 Å². The molecule has 1 heterocycles. The standard InChI is InChI=1S/C22H33AsN6O3/c1-14-9-10-17-15(13-14)19(28-20(26-17)21(30)25-11-6-12-31-2)27-18-8-5-4-7-16(18)23-22(24)29-32-3/h9-10,13,16,18,23H,4-8,11-12H2,1-3H3,(H2,24,29)(H,25,30)(H,26,27,28)/t16-,18+/m1/s1. The fourth-order valence-corrected chi connectivity index (χ4v) is 6.69. The number of aromatic nitrogens is 2. The third-order valence-corrected chi connectivity index (χ3v) is 8.52. The number of oxime groups is 1. The summed E-state index contributed by atoms with van der Waals surface area (Å²) in [5, 5.41) is 11.4. The van der Waals surface area contributed by atoms with Gasteiger partial charge in [-0.1, -0.05) is 0 Å². The van der Waals surface area contributed by atoms with Crippen molar-refractivity contribution in [3.63, 3.8) is 0 Å². The predicted octanol–water partition coefficient (Wildman–Crippen LogP) is 2.16. The first-order valence-corrected chi connectivity index (χ1v) is 13.2. The van der Waals surface area contributed by atoms with Crippen molar-refractivity contribution in [1.29, 1.82) is 0 Å². The van der Waals surface area contributed by atoms with Crippen molar-refractivity contribution >= 4 is 43.0 Å². The second-order valence-electron chi connectivity index (χ2n) is 7.96. The number of anilines is 1. The Kier molecular flexibility index (Phi) is 9.11. The Balaban J connectivity index is 1.86. The molecule has 3 rings (SSSR count). The van der Waals surface area contributed by atoms with E-state index in [9.17, 15) is 4.79 Å². The van der Waals surface area contributed by atoms with Crippen molar-refractivity contribution in [2.24, 2.45) is 10.9 Å². The van der Waals surface area contributed by atoms with E-state index < -0.39 is 15.8 Å². The van der Waals surface area contributed by atoms with Crippen LogP contribution in [0.2, 0.25) is 4.71 Å². The SMILES string of the molecule is COCCCNC(=O)c1nc(N[C@H]2CCCC[C@H]2[AsH]/C(N)=N\OC)c2cc(C)ccc2n1. The molecule has 4 N–H and O–H groups in total. The molecule has 1 aromatic carbocycles. The molecule has 0 bridgehead atoms. The summed E-state index contributed by atoms with van der Waals surface area (Å²) < 4.78 is 6.09. The van der Waals surface area contributed by atoms with Crippen LogP contribution in [0, 0.1) is 6.92 Å². The summed E-state index contributed by atoms with van der Waals surface area (Å²) in [6.45, 7) is 3.14. The van der Waals surface area contributed by atoms with Crippen LogP contribution >= 0.6 is 0 Å². The fourth-order valence-electron chi connectivity index (χ4n) is 3.92. The number of ether oxygens (including phenoxy) is 1. The Morgan fingerprint density at radius 3 is 2.88 bits per heavy atom. The van der Waals surface area contributed by atoms with Gasteiger partial charge in [0.15, 0.2) is 0 Å². The molecule has 1 aliphatic carbocycles. The fraction of sp³-hybridized carbons (Fsp3) is 0.545. The van der Waals surface area contributed by atoms with E-state index in [0.29, 0.717) is 28.3 Å². The van der Waals surface area contributed by atoms with Crippen molar-refractivity contribution in [2.75, 3.05) is 32.7 Å². The molecule has 0 aliphatic heterocycles. The molecule has 0 saturated heterocycles. The van der Waals surface area contributed by atoms with Crippen LogP contribution in [0.25, 0.3) is 10.9 Å². The third kappa shape index (κ3) is 6.56. The number of carbonyl (C=O) groups is 1. The molecule has 0 spiro atoms. The first-order valence-electron chi connectivity index (χ1n) is 11.0. The van der Waals surface area contributed by atoms with Gasteiger partial charge in [0.2, 0.25) is 0 Å². The van der Waals surface area contributed by atoms with E-state index in [-0.39, 0.29) is 17.8 Å². The van der Waals surface area contributed by atoms with Crippen molar-refractivity contribution in [3.05, 3.63) is 29.6 Å². The molecule has 32 heavy (non-hydrogen) atoms. The number of rotatable bonds is 10. The third-order valence-electron chi connectivity index (χ3n) is 5.48. The van der Waals surface area contributed by atoms with Gasteiger partial charge in [0, 0.05) is 7.11 Å². The zero-order chi connectivity index (χ0) is 22.9. The molecular weight excluding hydrogens is 471 g/mol. The van der Waals surface area contributed by atoms with Crippen LogP contribution in [0.15, 0.2) is 23.4 Å². The van der Waals surface area contributed by atoms with Crippen LogP contribution in [-0.4, -0.2) is 69.7 Å². The summed E-state index contributed by atoms with van der Waals surface area (Å²) in [6.07, 6.45) is 5.21. The van der Waals surface area contributed by atoms with E-state index in [0.717, 1.165) is 42.1 Å². The van der Waals surface area contributed by atoms with E-state index in [1.807, 2.05) is 19.1 Å². The van der Waals surface area contributed by atoms with E-state index >= 15 is 0 Å². The number of carbonyl (C=O) groups excluding carboxylic acids is 1. The van der Waals surface area contributed by atoms with E-state index in [1.54, 1.807) is 7.11 Å². The van der Waals surface area contributed by atoms with Gasteiger partial charge in [-0.15, -0.1) is 0 Å². The summed E-state index contributed by atoms with van der Waals surface area (Å²) in [5.41, 5.74) is 7.94. The second-order valence-corrected chi connectivity index (χ2v) is 11.2. The van der Waals surface area contributed by atoms with Gasteiger partial charge in [0.05, 0.1) is 0 Å². The van der Waals surface area contributed by atoms with Crippen LogP contribution in [0.4, 0.5) is 5.82 Å². The zero-order valence-electron chi connectivity index (χ0n) is 19.0. The molecule has 2 aromatic rings. The number of nitrogens with two attached hydrogens (primary N) is 1. The molecule has 1 amide bonds. The zero-order valence-corrected chi connectivity index (χ0v) is 21.1. The molecule has 1 aliphatic rings. The molecule has 0 radical (unpaired) electrons. The number of nitrogens with zero attached hydrogens (tertiary/aromatic N) is 3. The Hall–Kier alpha value is -2.38. The molecule has 1 aromatic heterocycles. The molecule has 9 nitrogen and oxygen atoms in total. The van der Waals surface area contributed by atoms with Gasteiger partial charge >= 0.3 is 188 Å². The summed E-state index contributed by atoms with van der Waals surface area (Å²) in [4.78, 5) is 26.7. The molecule has 10 heteroatoms. The van der Waals surface area contributed by atoms with Crippen LogP contribution in [0.5, 0.6) is 0 Å². The number of hydrogen-bond acceptors (Lipinski definition) is 7. The van der Waals surface area contributed by atoms with Crippen molar-refractivity contribution in [2.45, 2.75) is 49.8 Å². The molecular formula is C22H33AsN6O3. The number of hydrogen-bond donors (Lipinski definition) is 3. The van der Waals surface area contributed by atoms with Crippen LogP contribution in [0.3, 0.4) is 0 Å². The molecule has 3 atom stereocenters. The molecule has 1 fully saturated rings. The van der Waals surface area contributed by atoms with Crippen LogP contribution < -0.4 is 16.4 Å². The van der Waals surface area contributed by atoms with Crippen molar-refractivity contribution < 1.29 is 14.4 Å². The molecule has 1 unspecified atom stereocenters. The average molecular weight is 504 g/mol. The van der Waals surface area contributed by atoms with Gasteiger partial charge in [-0.25, -0.2) is 0 Å². The maximum atomic E-state index is 12.7. The topological polar surface area (TPSA) is 124 Å². The van der Waals surface area contributed by atoms with Gasteiger partial charge in [-0.3, -0.25) is 0 Å². The molecule has 1 saturated carbocycles. The maximum absolute atomic E-state index is 12.7. The van der Waals surface area contributed by atoms with Crippen molar-refractivity contribution in [1.82, 2.24) is 15.3 Å². The minimum atomic E-state index is -0.636. The van der Waals surface area contributed by atoms with Gasteiger partial charge in [-0.05, 0) is 0 Å². The van der Waals surface area contributed by atoms with Gasteiger partial charge < -0.3 is 0 Å². The van der Waals surface area contributed by atoms with Gasteiger partial charge in [0.25, 0.3) is 0 Å². The van der Waals surface area contributed by atoms with Crippen molar-refractivity contribution in [3.8, 4) is 0 Å². The van der Waals surface area contributed by atoms with Crippen LogP contribution in [-0.2, 0) is 9.57 Å². The number of methoxy groups -OCH3 is 1. The van der Waals surface area contributed by atoms with Gasteiger partial charge in [0.1, 0.15) is 0 Å². The Bertz CT molecular complexity index is 955.